The highest BCUT2D eigenvalue weighted by Crippen LogP contribution is 2.24. The van der Waals surface area contributed by atoms with E-state index >= 15 is 0 Å². The third-order valence-corrected chi connectivity index (χ3v) is 2.76. The number of methoxy groups -OCH3 is 1. The zero-order chi connectivity index (χ0) is 12.1. The minimum Gasteiger partial charge on any atom is -0.374 e. The summed E-state index contributed by atoms with van der Waals surface area (Å²) in [6.45, 7) is 0.921. The van der Waals surface area contributed by atoms with Crippen LogP contribution in [0.2, 0.25) is 0 Å². The molecule has 0 amide bonds. The number of hydrogen-bond donors (Lipinski definition) is 0. The maximum atomic E-state index is 13.3. The van der Waals surface area contributed by atoms with Crippen LogP contribution in [0.15, 0.2) is 30.3 Å². The van der Waals surface area contributed by atoms with Gasteiger partial charge in [0.25, 0.3) is 0 Å². The van der Waals surface area contributed by atoms with E-state index in [4.69, 9.17) is 14.2 Å². The van der Waals surface area contributed by atoms with Crippen LogP contribution >= 0.6 is 0 Å². The molecule has 17 heavy (non-hydrogen) atoms. The molecule has 0 aromatic heterocycles. The number of halogens is 1. The zero-order valence-electron chi connectivity index (χ0n) is 9.84. The van der Waals surface area contributed by atoms with Crippen LogP contribution in [0.25, 0.3) is 0 Å². The van der Waals surface area contributed by atoms with Crippen molar-refractivity contribution in [1.29, 1.82) is 0 Å². The lowest BCUT2D eigenvalue weighted by atomic mass is 10.2. The molecule has 1 aromatic carbocycles. The van der Waals surface area contributed by atoms with Crippen LogP contribution in [0.5, 0.6) is 0 Å². The number of hydrogen-bond acceptors (Lipinski definition) is 3. The Morgan fingerprint density at radius 3 is 2.76 bits per heavy atom. The quantitative estimate of drug-likeness (QED) is 0.790. The van der Waals surface area contributed by atoms with Crippen LogP contribution in [0, 0.1) is 0 Å². The van der Waals surface area contributed by atoms with Crippen molar-refractivity contribution in [3.8, 4) is 0 Å². The smallest absolute Gasteiger partial charge is 0.188 e. The van der Waals surface area contributed by atoms with E-state index in [-0.39, 0.29) is 6.10 Å². The Morgan fingerprint density at radius 2 is 2.12 bits per heavy atom. The van der Waals surface area contributed by atoms with Crippen molar-refractivity contribution in [3.63, 3.8) is 0 Å². The molecule has 3 nitrogen and oxygen atoms in total. The van der Waals surface area contributed by atoms with E-state index in [1.165, 1.54) is 7.11 Å². The minimum absolute atomic E-state index is 0.210. The molecule has 1 aliphatic heterocycles. The predicted octanol–water partition coefficient (Wildman–Crippen LogP) is 2.30. The van der Waals surface area contributed by atoms with Gasteiger partial charge in [0.2, 0.25) is 0 Å². The molecule has 0 aliphatic carbocycles. The van der Waals surface area contributed by atoms with Crippen molar-refractivity contribution in [1.82, 2.24) is 0 Å². The van der Waals surface area contributed by atoms with Crippen LogP contribution in [0.3, 0.4) is 0 Å². The predicted molar refractivity (Wildman–Crippen MR) is 61.3 cm³/mol. The van der Waals surface area contributed by atoms with Crippen LogP contribution in [0.1, 0.15) is 12.0 Å². The summed E-state index contributed by atoms with van der Waals surface area (Å²) in [4.78, 5) is 0. The van der Waals surface area contributed by atoms with E-state index in [9.17, 15) is 4.39 Å². The molecule has 0 spiro atoms. The van der Waals surface area contributed by atoms with Gasteiger partial charge in [0.1, 0.15) is 0 Å². The van der Waals surface area contributed by atoms with Crippen molar-refractivity contribution < 1.29 is 18.6 Å². The lowest BCUT2D eigenvalue weighted by Gasteiger charge is -2.12. The summed E-state index contributed by atoms with van der Waals surface area (Å²) in [7, 11) is 1.45. The molecule has 4 heteroatoms. The van der Waals surface area contributed by atoms with Crippen molar-refractivity contribution in [2.45, 2.75) is 31.6 Å². The Hall–Kier alpha value is -0.970. The van der Waals surface area contributed by atoms with Crippen LogP contribution < -0.4 is 0 Å². The Balaban J connectivity index is 1.70. The molecule has 1 heterocycles. The van der Waals surface area contributed by atoms with Gasteiger partial charge in [-0.1, -0.05) is 30.3 Å². The summed E-state index contributed by atoms with van der Waals surface area (Å²) in [6.07, 6.45) is -1.66. The maximum absolute atomic E-state index is 13.3. The maximum Gasteiger partial charge on any atom is 0.188 e. The second-order valence-corrected chi connectivity index (χ2v) is 4.11. The minimum atomic E-state index is -1.05. The average Bonchev–Trinajstić information content (AvgIpc) is 2.71. The number of ether oxygens (including phenoxy) is 3. The molecule has 0 bridgehead atoms. The van der Waals surface area contributed by atoms with E-state index in [2.05, 4.69) is 0 Å². The Labute approximate surface area is 100 Å². The standard InChI is InChI=1S/C13H17FO3/c1-15-13-12(14)7-11(17-13)9-16-8-10-5-3-2-4-6-10/h2-6,11-13H,7-9H2,1H3. The van der Waals surface area contributed by atoms with Gasteiger partial charge >= 0.3 is 0 Å². The van der Waals surface area contributed by atoms with E-state index in [0.29, 0.717) is 19.6 Å². The van der Waals surface area contributed by atoms with E-state index in [0.717, 1.165) is 5.56 Å². The fraction of sp³-hybridized carbons (Fsp3) is 0.538. The van der Waals surface area contributed by atoms with Crippen molar-refractivity contribution in [3.05, 3.63) is 35.9 Å². The molecule has 0 radical (unpaired) electrons. The van der Waals surface area contributed by atoms with Gasteiger partial charge in [-0.25, -0.2) is 4.39 Å². The summed E-state index contributed by atoms with van der Waals surface area (Å²) >= 11 is 0. The van der Waals surface area contributed by atoms with Gasteiger partial charge in [-0.15, -0.1) is 0 Å². The third kappa shape index (κ3) is 3.49. The number of alkyl halides is 1. The second-order valence-electron chi connectivity index (χ2n) is 4.11. The summed E-state index contributed by atoms with van der Waals surface area (Å²) < 4.78 is 29.0. The third-order valence-electron chi connectivity index (χ3n) is 2.76. The topological polar surface area (TPSA) is 27.7 Å². The van der Waals surface area contributed by atoms with Gasteiger partial charge in [-0.2, -0.15) is 0 Å². The zero-order valence-corrected chi connectivity index (χ0v) is 9.84. The lowest BCUT2D eigenvalue weighted by molar-refractivity contribution is -0.145. The molecule has 1 saturated heterocycles. The average molecular weight is 240 g/mol. The van der Waals surface area contributed by atoms with Crippen molar-refractivity contribution in [2.75, 3.05) is 13.7 Å². The Morgan fingerprint density at radius 1 is 1.35 bits per heavy atom. The molecule has 0 saturated carbocycles. The highest BCUT2D eigenvalue weighted by atomic mass is 19.1. The molecule has 94 valence electrons. The van der Waals surface area contributed by atoms with Crippen molar-refractivity contribution in [2.24, 2.45) is 0 Å². The molecular formula is C13H17FO3. The molecule has 1 fully saturated rings. The van der Waals surface area contributed by atoms with Crippen LogP contribution in [0.4, 0.5) is 4.39 Å². The molecule has 1 aromatic rings. The van der Waals surface area contributed by atoms with Gasteiger partial charge < -0.3 is 14.2 Å². The fourth-order valence-corrected chi connectivity index (χ4v) is 1.89. The van der Waals surface area contributed by atoms with Crippen LogP contribution in [-0.2, 0) is 20.8 Å². The Bertz CT molecular complexity index is 331. The number of rotatable bonds is 5. The highest BCUT2D eigenvalue weighted by molar-refractivity contribution is 5.13. The fourth-order valence-electron chi connectivity index (χ4n) is 1.89. The second kappa shape index (κ2) is 6.10. The summed E-state index contributed by atoms with van der Waals surface area (Å²) in [5.41, 5.74) is 1.10. The van der Waals surface area contributed by atoms with Crippen LogP contribution in [-0.4, -0.2) is 32.3 Å². The number of benzene rings is 1. The lowest BCUT2D eigenvalue weighted by Crippen LogP contribution is -2.20. The monoisotopic (exact) mass is 240 g/mol. The molecule has 3 atom stereocenters. The van der Waals surface area contributed by atoms with E-state index < -0.39 is 12.5 Å². The summed E-state index contributed by atoms with van der Waals surface area (Å²) in [5, 5.41) is 0. The SMILES string of the molecule is COC1OC(COCc2ccccc2)CC1F. The van der Waals surface area contributed by atoms with Gasteiger partial charge in [0, 0.05) is 13.5 Å². The Kier molecular flexibility index (Phi) is 4.48. The molecule has 3 unspecified atom stereocenters. The molecule has 1 aliphatic rings. The molecule has 2 rings (SSSR count). The molecule has 0 N–H and O–H groups in total. The van der Waals surface area contributed by atoms with Gasteiger partial charge in [0.05, 0.1) is 19.3 Å². The normalized spacial score (nSPS) is 28.5. The van der Waals surface area contributed by atoms with E-state index in [1.807, 2.05) is 30.3 Å². The first-order chi connectivity index (χ1) is 8.29. The summed E-state index contributed by atoms with van der Waals surface area (Å²) in [6, 6.07) is 9.87. The van der Waals surface area contributed by atoms with Gasteiger partial charge in [-0.3, -0.25) is 0 Å². The van der Waals surface area contributed by atoms with Crippen molar-refractivity contribution >= 4 is 0 Å². The highest BCUT2D eigenvalue weighted by Gasteiger charge is 2.35. The first-order valence-corrected chi connectivity index (χ1v) is 5.73. The van der Waals surface area contributed by atoms with Gasteiger partial charge in [0.15, 0.2) is 12.5 Å². The van der Waals surface area contributed by atoms with Gasteiger partial charge in [-0.05, 0) is 5.56 Å². The largest absolute Gasteiger partial charge is 0.374 e. The molecular weight excluding hydrogens is 223 g/mol. The first kappa shape index (κ1) is 12.5. The van der Waals surface area contributed by atoms with E-state index in [1.54, 1.807) is 0 Å². The summed E-state index contributed by atoms with van der Waals surface area (Å²) in [5.74, 6) is 0. The first-order valence-electron chi connectivity index (χ1n) is 5.73.